The molecule has 7 heteroatoms. The van der Waals surface area contributed by atoms with Crippen LogP contribution in [0.3, 0.4) is 0 Å². The molecule has 0 saturated heterocycles. The van der Waals surface area contributed by atoms with Crippen LogP contribution in [0.15, 0.2) is 69.9 Å². The van der Waals surface area contributed by atoms with Crippen LogP contribution in [0.1, 0.15) is 17.4 Å². The second kappa shape index (κ2) is 7.09. The van der Waals surface area contributed by atoms with E-state index in [4.69, 9.17) is 15.0 Å². The molecule has 0 aromatic heterocycles. The Morgan fingerprint density at radius 3 is 2.70 bits per heavy atom. The highest BCUT2D eigenvalue weighted by Crippen LogP contribution is 2.38. The van der Waals surface area contributed by atoms with Crippen molar-refractivity contribution in [3.63, 3.8) is 0 Å². The van der Waals surface area contributed by atoms with Crippen LogP contribution in [-0.4, -0.2) is 0 Å². The van der Waals surface area contributed by atoms with E-state index < -0.39 is 6.29 Å². The summed E-state index contributed by atoms with van der Waals surface area (Å²) in [4.78, 5) is 4.53. The van der Waals surface area contributed by atoms with Gasteiger partial charge in [0.25, 0.3) is 6.29 Å². The van der Waals surface area contributed by atoms with Gasteiger partial charge in [0.2, 0.25) is 0 Å². The first-order chi connectivity index (χ1) is 11.3. The summed E-state index contributed by atoms with van der Waals surface area (Å²) in [5, 5.41) is 3.61. The fourth-order valence-corrected chi connectivity index (χ4v) is 3.20. The lowest BCUT2D eigenvalue weighted by Crippen LogP contribution is -2.01. The number of rotatable bonds is 5. The van der Waals surface area contributed by atoms with Crippen LogP contribution >= 0.6 is 11.8 Å². The summed E-state index contributed by atoms with van der Waals surface area (Å²) in [5.41, 5.74) is 10.0. The first-order valence-corrected chi connectivity index (χ1v) is 7.61. The third-order valence-corrected chi connectivity index (χ3v) is 4.39. The van der Waals surface area contributed by atoms with Crippen molar-refractivity contribution < 1.29 is 13.9 Å². The van der Waals surface area contributed by atoms with Crippen molar-refractivity contribution >= 4 is 11.8 Å². The van der Waals surface area contributed by atoms with E-state index in [2.05, 4.69) is 10.0 Å². The summed E-state index contributed by atoms with van der Waals surface area (Å²) < 4.78 is 24.2. The monoisotopic (exact) mass is 329 g/mol. The smallest absolute Gasteiger partial charge is 0.267 e. The van der Waals surface area contributed by atoms with E-state index in [-0.39, 0.29) is 12.4 Å². The van der Waals surface area contributed by atoms with E-state index in [0.717, 1.165) is 15.4 Å². The van der Waals surface area contributed by atoms with E-state index in [1.165, 1.54) is 36.4 Å². The van der Waals surface area contributed by atoms with Gasteiger partial charge in [-0.25, -0.2) is 4.39 Å². The topological polar surface area (TPSA) is 67.2 Å². The molecule has 0 radical (unpaired) electrons. The number of hydrogen-bond donors (Lipinski definition) is 0. The molecular formula is C16H12FN3O2S. The first-order valence-electron chi connectivity index (χ1n) is 6.80. The molecule has 5 nitrogen and oxygen atoms in total. The van der Waals surface area contributed by atoms with Crippen LogP contribution in [0.2, 0.25) is 0 Å². The van der Waals surface area contributed by atoms with Crippen molar-refractivity contribution in [2.75, 3.05) is 0 Å². The summed E-state index contributed by atoms with van der Waals surface area (Å²) in [6.45, 7) is 0.258. The predicted octanol–water partition coefficient (Wildman–Crippen LogP) is 5.30. The molecule has 0 unspecified atom stereocenters. The summed E-state index contributed by atoms with van der Waals surface area (Å²) >= 11 is 1.45. The lowest BCUT2D eigenvalue weighted by atomic mass is 10.2. The molecule has 0 saturated carbocycles. The molecule has 2 aromatic carbocycles. The highest BCUT2D eigenvalue weighted by atomic mass is 32.2. The van der Waals surface area contributed by atoms with Crippen LogP contribution < -0.4 is 0 Å². The lowest BCUT2D eigenvalue weighted by molar-refractivity contribution is -0.0268. The van der Waals surface area contributed by atoms with Gasteiger partial charge in [-0.2, -0.15) is 0 Å². The van der Waals surface area contributed by atoms with Crippen LogP contribution in [0, 0.1) is 5.82 Å². The standard InChI is InChI=1S/C16H12FN3O2S/c17-12-5-6-15(13(9-12)16-21-7-8-22-16)23-14-4-2-1-3-11(14)10-19-20-18/h1-9,16H,10H2. The van der Waals surface area contributed by atoms with Crippen molar-refractivity contribution in [2.45, 2.75) is 22.6 Å². The fraction of sp³-hybridized carbons (Fsp3) is 0.125. The number of benzene rings is 2. The van der Waals surface area contributed by atoms with Gasteiger partial charge in [0.05, 0.1) is 6.54 Å². The normalized spacial score (nSPS) is 13.3. The second-order valence-electron chi connectivity index (χ2n) is 4.66. The molecule has 3 rings (SSSR count). The lowest BCUT2D eigenvalue weighted by Gasteiger charge is -2.16. The highest BCUT2D eigenvalue weighted by molar-refractivity contribution is 7.99. The minimum Gasteiger partial charge on any atom is -0.455 e. The third-order valence-electron chi connectivity index (χ3n) is 3.18. The van der Waals surface area contributed by atoms with Gasteiger partial charge in [-0.05, 0) is 35.4 Å². The zero-order chi connectivity index (χ0) is 16.1. The van der Waals surface area contributed by atoms with Crippen LogP contribution in [-0.2, 0) is 16.0 Å². The molecule has 0 atom stereocenters. The molecule has 0 spiro atoms. The molecule has 116 valence electrons. The van der Waals surface area contributed by atoms with E-state index in [1.807, 2.05) is 24.3 Å². The second-order valence-corrected chi connectivity index (χ2v) is 5.74. The Balaban J connectivity index is 1.92. The van der Waals surface area contributed by atoms with Gasteiger partial charge in [0.15, 0.2) is 0 Å². The first kappa shape index (κ1) is 15.3. The molecule has 1 aliphatic heterocycles. The average molecular weight is 329 g/mol. The zero-order valence-corrected chi connectivity index (χ0v) is 12.7. The number of azide groups is 1. The Hall–Kier alpha value is -2.63. The molecule has 0 fully saturated rings. The maximum Gasteiger partial charge on any atom is 0.267 e. The van der Waals surface area contributed by atoms with Gasteiger partial charge < -0.3 is 9.47 Å². The molecule has 1 heterocycles. The molecule has 0 amide bonds. The van der Waals surface area contributed by atoms with Gasteiger partial charge in [-0.3, -0.25) is 0 Å². The summed E-state index contributed by atoms with van der Waals surface area (Å²) in [6.07, 6.45) is 2.21. The number of halogens is 1. The summed E-state index contributed by atoms with van der Waals surface area (Å²) in [5.74, 6) is -0.356. The zero-order valence-electron chi connectivity index (χ0n) is 11.9. The van der Waals surface area contributed by atoms with Crippen molar-refractivity contribution in [3.05, 3.63) is 82.4 Å². The van der Waals surface area contributed by atoms with Crippen LogP contribution in [0.4, 0.5) is 4.39 Å². The van der Waals surface area contributed by atoms with Crippen molar-refractivity contribution in [1.82, 2.24) is 0 Å². The van der Waals surface area contributed by atoms with Gasteiger partial charge >= 0.3 is 0 Å². The quantitative estimate of drug-likeness (QED) is 0.424. The number of ether oxygens (including phenoxy) is 2. The number of nitrogens with zero attached hydrogens (tertiary/aromatic N) is 3. The maximum absolute atomic E-state index is 13.6. The highest BCUT2D eigenvalue weighted by Gasteiger charge is 2.21. The van der Waals surface area contributed by atoms with Gasteiger partial charge in [0, 0.05) is 20.3 Å². The Morgan fingerprint density at radius 1 is 1.13 bits per heavy atom. The third kappa shape index (κ3) is 3.59. The van der Waals surface area contributed by atoms with Gasteiger partial charge in [0.1, 0.15) is 18.3 Å². The number of hydrogen-bond acceptors (Lipinski definition) is 4. The van der Waals surface area contributed by atoms with Crippen LogP contribution in [0.25, 0.3) is 10.4 Å². The largest absolute Gasteiger partial charge is 0.455 e. The Kier molecular flexibility index (Phi) is 4.71. The molecule has 0 aliphatic carbocycles. The Bertz CT molecular complexity index is 783. The van der Waals surface area contributed by atoms with Crippen molar-refractivity contribution in [3.8, 4) is 0 Å². The van der Waals surface area contributed by atoms with Crippen molar-refractivity contribution in [2.24, 2.45) is 5.11 Å². The molecule has 23 heavy (non-hydrogen) atoms. The van der Waals surface area contributed by atoms with Crippen molar-refractivity contribution in [1.29, 1.82) is 0 Å². The van der Waals surface area contributed by atoms with E-state index in [9.17, 15) is 4.39 Å². The van der Waals surface area contributed by atoms with Crippen LogP contribution in [0.5, 0.6) is 0 Å². The summed E-state index contributed by atoms with van der Waals surface area (Å²) in [7, 11) is 0. The Morgan fingerprint density at radius 2 is 1.91 bits per heavy atom. The fourth-order valence-electron chi connectivity index (χ4n) is 2.14. The molecule has 0 bridgehead atoms. The van der Waals surface area contributed by atoms with E-state index in [1.54, 1.807) is 6.07 Å². The molecule has 1 aliphatic rings. The maximum atomic E-state index is 13.6. The minimum absolute atomic E-state index is 0.258. The molecular weight excluding hydrogens is 317 g/mol. The van der Waals surface area contributed by atoms with E-state index in [0.29, 0.717) is 5.56 Å². The van der Waals surface area contributed by atoms with Gasteiger partial charge in [-0.1, -0.05) is 35.1 Å². The minimum atomic E-state index is -0.655. The predicted molar refractivity (Wildman–Crippen MR) is 83.9 cm³/mol. The molecule has 0 N–H and O–H groups in total. The Labute approximate surface area is 136 Å². The summed E-state index contributed by atoms with van der Waals surface area (Å²) in [6, 6.07) is 12.1. The van der Waals surface area contributed by atoms with E-state index >= 15 is 0 Å². The van der Waals surface area contributed by atoms with Gasteiger partial charge in [-0.15, -0.1) is 0 Å². The molecule has 2 aromatic rings. The average Bonchev–Trinajstić information content (AvgIpc) is 3.10. The SMILES string of the molecule is [N-]=[N+]=NCc1ccccc1Sc1ccc(F)cc1C1OC=CO1.